The summed E-state index contributed by atoms with van der Waals surface area (Å²) in [5.41, 5.74) is -1.03. The van der Waals surface area contributed by atoms with Crippen molar-refractivity contribution < 1.29 is 14.3 Å². The quantitative estimate of drug-likeness (QED) is 0.445. The fraction of sp³-hybridized carbons (Fsp3) is 0.400. The Morgan fingerprint density at radius 2 is 2.19 bits per heavy atom. The molecule has 0 aliphatic carbocycles. The van der Waals surface area contributed by atoms with E-state index in [1.54, 1.807) is 26.1 Å². The van der Waals surface area contributed by atoms with Crippen molar-refractivity contribution in [3.8, 4) is 5.75 Å². The highest BCUT2D eigenvalue weighted by Gasteiger charge is 2.31. The zero-order chi connectivity index (χ0) is 12.3. The molecule has 0 radical (unpaired) electrons. The molecule has 0 saturated carbocycles. The number of carbonyl (C=O) groups excluding carboxylic acids is 1. The molecule has 0 aliphatic heterocycles. The maximum absolute atomic E-state index is 11.5. The standard InChI is InChI=1S/C10H11BrINO3/c1-10(2,9(14)15-3)16-7-4-6(11)5-13-8(7)12/h4-5H,1-3H3. The summed E-state index contributed by atoms with van der Waals surface area (Å²) >= 11 is 5.34. The van der Waals surface area contributed by atoms with Gasteiger partial charge in [0.1, 0.15) is 3.70 Å². The van der Waals surface area contributed by atoms with Gasteiger partial charge in [0.25, 0.3) is 0 Å². The van der Waals surface area contributed by atoms with Gasteiger partial charge in [-0.3, -0.25) is 0 Å². The summed E-state index contributed by atoms with van der Waals surface area (Å²) in [6.07, 6.45) is 1.67. The van der Waals surface area contributed by atoms with E-state index in [4.69, 9.17) is 4.74 Å². The maximum Gasteiger partial charge on any atom is 0.349 e. The molecule has 1 aromatic rings. The highest BCUT2D eigenvalue weighted by atomic mass is 127. The van der Waals surface area contributed by atoms with Crippen LogP contribution in [0.4, 0.5) is 0 Å². The first kappa shape index (κ1) is 13.7. The lowest BCUT2D eigenvalue weighted by Gasteiger charge is -2.23. The largest absolute Gasteiger partial charge is 0.473 e. The molecular weight excluding hydrogens is 389 g/mol. The van der Waals surface area contributed by atoms with Gasteiger partial charge < -0.3 is 9.47 Å². The monoisotopic (exact) mass is 399 g/mol. The SMILES string of the molecule is COC(=O)C(C)(C)Oc1cc(Br)cnc1I. The van der Waals surface area contributed by atoms with Crippen LogP contribution in [0.1, 0.15) is 13.8 Å². The second kappa shape index (κ2) is 5.31. The molecule has 16 heavy (non-hydrogen) atoms. The zero-order valence-electron chi connectivity index (χ0n) is 9.08. The Labute approximate surface area is 116 Å². The third kappa shape index (κ3) is 3.31. The second-order valence-electron chi connectivity index (χ2n) is 3.55. The normalized spacial score (nSPS) is 11.1. The molecule has 4 nitrogen and oxygen atoms in total. The van der Waals surface area contributed by atoms with Crippen molar-refractivity contribution in [1.82, 2.24) is 4.98 Å². The van der Waals surface area contributed by atoms with Crippen LogP contribution in [0.2, 0.25) is 0 Å². The minimum absolute atomic E-state index is 0.428. The maximum atomic E-state index is 11.5. The highest BCUT2D eigenvalue weighted by molar-refractivity contribution is 14.1. The summed E-state index contributed by atoms with van der Waals surface area (Å²) in [6, 6.07) is 1.76. The summed E-state index contributed by atoms with van der Waals surface area (Å²) in [4.78, 5) is 15.6. The average Bonchev–Trinajstić information content (AvgIpc) is 2.22. The Hall–Kier alpha value is -0.370. The van der Waals surface area contributed by atoms with E-state index in [0.717, 1.165) is 4.47 Å². The Bertz CT molecular complexity index is 409. The van der Waals surface area contributed by atoms with Crippen LogP contribution in [0.15, 0.2) is 16.7 Å². The molecule has 0 bridgehead atoms. The molecule has 1 heterocycles. The number of nitrogens with zero attached hydrogens (tertiary/aromatic N) is 1. The topological polar surface area (TPSA) is 48.4 Å². The van der Waals surface area contributed by atoms with Crippen molar-refractivity contribution in [3.63, 3.8) is 0 Å². The van der Waals surface area contributed by atoms with Gasteiger partial charge in [-0.1, -0.05) is 0 Å². The number of methoxy groups -OCH3 is 1. The van der Waals surface area contributed by atoms with Crippen LogP contribution in [0.3, 0.4) is 0 Å². The van der Waals surface area contributed by atoms with Crippen LogP contribution in [0, 0.1) is 3.70 Å². The van der Waals surface area contributed by atoms with E-state index in [1.807, 2.05) is 22.6 Å². The van der Waals surface area contributed by atoms with E-state index in [-0.39, 0.29) is 0 Å². The number of hydrogen-bond donors (Lipinski definition) is 0. The number of rotatable bonds is 3. The van der Waals surface area contributed by atoms with Gasteiger partial charge in [0.15, 0.2) is 11.4 Å². The first-order valence-corrected chi connectivity index (χ1v) is 6.32. The van der Waals surface area contributed by atoms with E-state index < -0.39 is 11.6 Å². The van der Waals surface area contributed by atoms with Gasteiger partial charge in [-0.2, -0.15) is 0 Å². The number of aromatic nitrogens is 1. The van der Waals surface area contributed by atoms with Gasteiger partial charge in [0, 0.05) is 10.7 Å². The van der Waals surface area contributed by atoms with Crippen LogP contribution in [0.25, 0.3) is 0 Å². The van der Waals surface area contributed by atoms with Gasteiger partial charge >= 0.3 is 5.97 Å². The predicted octanol–water partition coefficient (Wildman–Crippen LogP) is 2.78. The summed E-state index contributed by atoms with van der Waals surface area (Å²) in [7, 11) is 1.33. The molecule has 0 aliphatic rings. The summed E-state index contributed by atoms with van der Waals surface area (Å²) < 4.78 is 11.7. The van der Waals surface area contributed by atoms with Crippen molar-refractivity contribution in [2.24, 2.45) is 0 Å². The molecule has 88 valence electrons. The summed E-state index contributed by atoms with van der Waals surface area (Å²) in [5.74, 6) is 0.119. The Morgan fingerprint density at radius 3 is 2.75 bits per heavy atom. The third-order valence-corrected chi connectivity index (χ3v) is 3.06. The van der Waals surface area contributed by atoms with Crippen molar-refractivity contribution in [3.05, 3.63) is 20.4 Å². The minimum Gasteiger partial charge on any atom is -0.473 e. The highest BCUT2D eigenvalue weighted by Crippen LogP contribution is 2.26. The van der Waals surface area contributed by atoms with E-state index >= 15 is 0 Å². The van der Waals surface area contributed by atoms with Crippen LogP contribution in [-0.4, -0.2) is 23.7 Å². The summed E-state index contributed by atoms with van der Waals surface area (Å²) in [6.45, 7) is 3.30. The van der Waals surface area contributed by atoms with Crippen molar-refractivity contribution in [1.29, 1.82) is 0 Å². The van der Waals surface area contributed by atoms with Gasteiger partial charge in [-0.05, 0) is 58.4 Å². The number of ether oxygens (including phenoxy) is 2. The van der Waals surface area contributed by atoms with Crippen LogP contribution in [-0.2, 0) is 9.53 Å². The third-order valence-electron chi connectivity index (χ3n) is 1.82. The average molecular weight is 400 g/mol. The summed E-state index contributed by atoms with van der Waals surface area (Å²) in [5, 5.41) is 0. The predicted molar refractivity (Wildman–Crippen MR) is 71.4 cm³/mol. The molecule has 0 spiro atoms. The van der Waals surface area contributed by atoms with Crippen molar-refractivity contribution in [2.45, 2.75) is 19.4 Å². The number of esters is 1. The molecule has 0 amide bonds. The molecule has 0 N–H and O–H groups in total. The minimum atomic E-state index is -1.03. The first-order valence-electron chi connectivity index (χ1n) is 4.45. The molecule has 0 unspecified atom stereocenters. The molecule has 6 heteroatoms. The Balaban J connectivity index is 2.95. The fourth-order valence-corrected chi connectivity index (χ4v) is 1.75. The molecular formula is C10H11BrINO3. The lowest BCUT2D eigenvalue weighted by atomic mass is 10.1. The van der Waals surface area contributed by atoms with Crippen LogP contribution >= 0.6 is 38.5 Å². The van der Waals surface area contributed by atoms with Crippen LogP contribution < -0.4 is 4.74 Å². The number of pyridine rings is 1. The zero-order valence-corrected chi connectivity index (χ0v) is 12.8. The molecule has 0 atom stereocenters. The van der Waals surface area contributed by atoms with Gasteiger partial charge in [0.2, 0.25) is 0 Å². The second-order valence-corrected chi connectivity index (χ2v) is 5.48. The van der Waals surface area contributed by atoms with E-state index in [0.29, 0.717) is 9.45 Å². The van der Waals surface area contributed by atoms with Crippen molar-refractivity contribution in [2.75, 3.05) is 7.11 Å². The van der Waals surface area contributed by atoms with Gasteiger partial charge in [-0.15, -0.1) is 0 Å². The van der Waals surface area contributed by atoms with Gasteiger partial charge in [-0.25, -0.2) is 9.78 Å². The molecule has 0 fully saturated rings. The molecule has 1 aromatic heterocycles. The van der Waals surface area contributed by atoms with E-state index in [1.165, 1.54) is 7.11 Å². The number of hydrogen-bond acceptors (Lipinski definition) is 4. The first-order chi connectivity index (χ1) is 7.36. The molecule has 0 saturated heterocycles. The van der Waals surface area contributed by atoms with E-state index in [2.05, 4.69) is 25.7 Å². The smallest absolute Gasteiger partial charge is 0.349 e. The fourth-order valence-electron chi connectivity index (χ4n) is 1.04. The van der Waals surface area contributed by atoms with Crippen molar-refractivity contribution >= 4 is 44.5 Å². The molecule has 1 rings (SSSR count). The van der Waals surface area contributed by atoms with Crippen LogP contribution in [0.5, 0.6) is 5.75 Å². The van der Waals surface area contributed by atoms with E-state index in [9.17, 15) is 4.79 Å². The number of carbonyl (C=O) groups is 1. The Kier molecular flexibility index (Phi) is 4.54. The lowest BCUT2D eigenvalue weighted by molar-refractivity contribution is -0.156. The number of halogens is 2. The van der Waals surface area contributed by atoms with Gasteiger partial charge in [0.05, 0.1) is 7.11 Å². The lowest BCUT2D eigenvalue weighted by Crippen LogP contribution is -2.39. The Morgan fingerprint density at radius 1 is 1.56 bits per heavy atom. The molecule has 0 aromatic carbocycles.